The van der Waals surface area contributed by atoms with E-state index in [1.165, 1.54) is 0 Å². The van der Waals surface area contributed by atoms with Crippen molar-refractivity contribution in [2.45, 2.75) is 29.5 Å². The van der Waals surface area contributed by atoms with Crippen LogP contribution in [0.5, 0.6) is 5.75 Å². The number of hydrogen-bond acceptors (Lipinski definition) is 5. The summed E-state index contributed by atoms with van der Waals surface area (Å²) in [6.07, 6.45) is -3.37. The fourth-order valence-electron chi connectivity index (χ4n) is 1.69. The SMILES string of the molecule is COc1ccc(CC(O)[C@@H](O)[C@H](O)[C@H]([SeH])CO)cc1. The third-order valence-electron chi connectivity index (χ3n) is 2.93. The van der Waals surface area contributed by atoms with Crippen molar-refractivity contribution >= 4 is 16.0 Å². The first-order valence-corrected chi connectivity index (χ1v) is 7.04. The van der Waals surface area contributed by atoms with Gasteiger partial charge in [0.25, 0.3) is 0 Å². The molecule has 19 heavy (non-hydrogen) atoms. The van der Waals surface area contributed by atoms with Crippen molar-refractivity contribution < 1.29 is 25.2 Å². The Bertz CT molecular complexity index is 370. The topological polar surface area (TPSA) is 90.2 Å². The van der Waals surface area contributed by atoms with Crippen LogP contribution >= 0.6 is 0 Å². The van der Waals surface area contributed by atoms with E-state index in [1.54, 1.807) is 31.4 Å². The van der Waals surface area contributed by atoms with Crippen molar-refractivity contribution in [1.29, 1.82) is 0 Å². The summed E-state index contributed by atoms with van der Waals surface area (Å²) < 4.78 is 5.02. The van der Waals surface area contributed by atoms with Gasteiger partial charge in [0.2, 0.25) is 0 Å². The second-order valence-corrected chi connectivity index (χ2v) is 5.74. The molecule has 1 aromatic rings. The molecular weight excluding hydrogens is 315 g/mol. The number of rotatable bonds is 7. The molecule has 1 aromatic carbocycles. The number of benzene rings is 1. The zero-order valence-corrected chi connectivity index (χ0v) is 12.6. The van der Waals surface area contributed by atoms with E-state index in [1.807, 2.05) is 0 Å². The molecule has 0 aliphatic carbocycles. The standard InChI is InChI=1S/C13H20O5Se/c1-18-9-4-2-8(3-5-9)6-10(15)12(16)13(17)11(19)7-14/h2-5,10-17,19H,6-7H2,1H3/t10?,11-,12-,13-/m1/s1. The van der Waals surface area contributed by atoms with Gasteiger partial charge in [-0.05, 0) is 0 Å². The molecule has 0 bridgehead atoms. The molecule has 108 valence electrons. The van der Waals surface area contributed by atoms with E-state index in [9.17, 15) is 15.3 Å². The number of aliphatic hydroxyl groups excluding tert-OH is 4. The van der Waals surface area contributed by atoms with E-state index >= 15 is 0 Å². The summed E-state index contributed by atoms with van der Waals surface area (Å²) in [4.78, 5) is -0.548. The fraction of sp³-hybridized carbons (Fsp3) is 0.538. The molecule has 0 aliphatic heterocycles. The molecule has 5 nitrogen and oxygen atoms in total. The molecule has 0 spiro atoms. The molecule has 6 heteroatoms. The van der Waals surface area contributed by atoms with E-state index in [2.05, 4.69) is 16.0 Å². The summed E-state index contributed by atoms with van der Waals surface area (Å²) in [5.41, 5.74) is 0.825. The van der Waals surface area contributed by atoms with Crippen molar-refractivity contribution in [3.05, 3.63) is 29.8 Å². The molecule has 0 amide bonds. The van der Waals surface area contributed by atoms with Crippen molar-refractivity contribution in [1.82, 2.24) is 0 Å². The van der Waals surface area contributed by atoms with E-state index in [4.69, 9.17) is 9.84 Å². The summed E-state index contributed by atoms with van der Waals surface area (Å²) in [7, 11) is 1.57. The molecule has 0 radical (unpaired) electrons. The number of hydrogen-bond donors (Lipinski definition) is 4. The van der Waals surface area contributed by atoms with Crippen LogP contribution in [0.1, 0.15) is 5.56 Å². The van der Waals surface area contributed by atoms with Gasteiger partial charge in [0.1, 0.15) is 0 Å². The molecule has 4 N–H and O–H groups in total. The van der Waals surface area contributed by atoms with E-state index < -0.39 is 23.1 Å². The minimum atomic E-state index is -1.30. The van der Waals surface area contributed by atoms with Gasteiger partial charge in [-0.3, -0.25) is 0 Å². The first-order valence-electron chi connectivity index (χ1n) is 5.95. The Morgan fingerprint density at radius 3 is 2.16 bits per heavy atom. The Morgan fingerprint density at radius 1 is 1.11 bits per heavy atom. The predicted molar refractivity (Wildman–Crippen MR) is 72.7 cm³/mol. The third-order valence-corrected chi connectivity index (χ3v) is 3.91. The normalized spacial score (nSPS) is 17.6. The molecule has 0 fully saturated rings. The van der Waals surface area contributed by atoms with Gasteiger partial charge >= 0.3 is 120 Å². The molecule has 1 unspecified atom stereocenters. The van der Waals surface area contributed by atoms with E-state index in [0.29, 0.717) is 5.75 Å². The predicted octanol–water partition coefficient (Wildman–Crippen LogP) is -0.998. The van der Waals surface area contributed by atoms with Crippen LogP contribution in [0, 0.1) is 0 Å². The molecule has 0 aromatic heterocycles. The third kappa shape index (κ3) is 4.76. The van der Waals surface area contributed by atoms with Crippen molar-refractivity contribution in [3.8, 4) is 5.75 Å². The zero-order chi connectivity index (χ0) is 14.4. The second kappa shape index (κ2) is 7.84. The minimum absolute atomic E-state index is 0.216. The Hall–Kier alpha value is -0.621. The zero-order valence-electron chi connectivity index (χ0n) is 10.7. The molecule has 0 saturated carbocycles. The van der Waals surface area contributed by atoms with Crippen LogP contribution in [-0.2, 0) is 6.42 Å². The number of aliphatic hydroxyl groups is 4. The second-order valence-electron chi connectivity index (χ2n) is 4.35. The molecule has 1 rings (SSSR count). The fourth-order valence-corrected chi connectivity index (χ4v) is 2.06. The first kappa shape index (κ1) is 16.4. The molecule has 0 aliphatic rings. The summed E-state index contributed by atoms with van der Waals surface area (Å²) in [5.74, 6) is 0.713. The van der Waals surface area contributed by atoms with Gasteiger partial charge in [0.15, 0.2) is 0 Å². The first-order chi connectivity index (χ1) is 8.99. The summed E-state index contributed by atoms with van der Waals surface area (Å²) >= 11 is 2.08. The monoisotopic (exact) mass is 336 g/mol. The van der Waals surface area contributed by atoms with Crippen molar-refractivity contribution in [2.24, 2.45) is 0 Å². The molecular formula is C13H20O5Se. The van der Waals surface area contributed by atoms with Gasteiger partial charge in [0, 0.05) is 0 Å². The quantitative estimate of drug-likeness (QED) is 0.480. The Labute approximate surface area is 120 Å². The Balaban J connectivity index is 2.59. The molecule has 0 heterocycles. The van der Waals surface area contributed by atoms with E-state index in [-0.39, 0.29) is 13.0 Å². The van der Waals surface area contributed by atoms with Crippen LogP contribution in [0.2, 0.25) is 4.82 Å². The van der Waals surface area contributed by atoms with Crippen LogP contribution < -0.4 is 4.74 Å². The molecule has 4 atom stereocenters. The van der Waals surface area contributed by atoms with Gasteiger partial charge in [-0.2, -0.15) is 0 Å². The Kier molecular flexibility index (Phi) is 6.79. The molecule has 0 saturated heterocycles. The average molecular weight is 335 g/mol. The number of methoxy groups -OCH3 is 1. The van der Waals surface area contributed by atoms with Crippen LogP contribution in [0.25, 0.3) is 0 Å². The maximum atomic E-state index is 9.88. The maximum absolute atomic E-state index is 9.88. The van der Waals surface area contributed by atoms with Gasteiger partial charge in [-0.15, -0.1) is 0 Å². The van der Waals surface area contributed by atoms with E-state index in [0.717, 1.165) is 5.56 Å². The van der Waals surface area contributed by atoms with Crippen LogP contribution in [0.15, 0.2) is 24.3 Å². The van der Waals surface area contributed by atoms with Gasteiger partial charge in [0.05, 0.1) is 0 Å². The van der Waals surface area contributed by atoms with Crippen LogP contribution in [0.4, 0.5) is 0 Å². The summed E-state index contributed by atoms with van der Waals surface area (Å²) in [6, 6.07) is 7.09. The number of ether oxygens (including phenoxy) is 1. The summed E-state index contributed by atoms with van der Waals surface area (Å²) in [5, 5.41) is 38.3. The summed E-state index contributed by atoms with van der Waals surface area (Å²) in [6.45, 7) is -0.270. The van der Waals surface area contributed by atoms with Crippen molar-refractivity contribution in [2.75, 3.05) is 13.7 Å². The van der Waals surface area contributed by atoms with Crippen LogP contribution in [-0.4, -0.2) is 68.5 Å². The van der Waals surface area contributed by atoms with Gasteiger partial charge in [-0.25, -0.2) is 0 Å². The van der Waals surface area contributed by atoms with Gasteiger partial charge in [-0.1, -0.05) is 0 Å². The van der Waals surface area contributed by atoms with Crippen molar-refractivity contribution in [3.63, 3.8) is 0 Å². The van der Waals surface area contributed by atoms with Crippen LogP contribution in [0.3, 0.4) is 0 Å². The average Bonchev–Trinajstić information content (AvgIpc) is 2.45. The Morgan fingerprint density at radius 2 is 1.68 bits per heavy atom. The van der Waals surface area contributed by atoms with Gasteiger partial charge < -0.3 is 0 Å².